The number of hydrogen-bond donors (Lipinski definition) is 1. The van der Waals surface area contributed by atoms with E-state index in [0.29, 0.717) is 11.1 Å². The molecule has 0 saturated heterocycles. The van der Waals surface area contributed by atoms with Gasteiger partial charge in [-0.25, -0.2) is 0 Å². The maximum Gasteiger partial charge on any atom is 0.256 e. The van der Waals surface area contributed by atoms with Crippen molar-refractivity contribution in [1.29, 1.82) is 0 Å². The van der Waals surface area contributed by atoms with Crippen LogP contribution in [0.15, 0.2) is 54.2 Å². The Morgan fingerprint density at radius 3 is 2.29 bits per heavy atom. The summed E-state index contributed by atoms with van der Waals surface area (Å²) in [5.41, 5.74) is 1.94. The Bertz CT molecular complexity index is 745. The van der Waals surface area contributed by atoms with Crippen molar-refractivity contribution in [1.82, 2.24) is 5.32 Å². The molecule has 0 fully saturated rings. The normalized spacial score (nSPS) is 15.6. The minimum absolute atomic E-state index is 0.180. The van der Waals surface area contributed by atoms with Crippen molar-refractivity contribution in [2.24, 2.45) is 0 Å². The van der Waals surface area contributed by atoms with Crippen LogP contribution in [0.4, 0.5) is 0 Å². The molecule has 0 aliphatic carbocycles. The number of amides is 1. The molecule has 0 spiro atoms. The smallest absolute Gasteiger partial charge is 0.256 e. The van der Waals surface area contributed by atoms with Crippen LogP contribution in [0.25, 0.3) is 6.08 Å². The number of benzene rings is 2. The average Bonchev–Trinajstić information content (AvgIpc) is 2.53. The highest BCUT2D eigenvalue weighted by Crippen LogP contribution is 2.21. The Kier molecular flexibility index (Phi) is 3.28. The van der Waals surface area contributed by atoms with Gasteiger partial charge in [-0.3, -0.25) is 9.59 Å². The number of allylic oxidation sites excluding steroid dienone is 1. The Hall–Kier alpha value is -2.88. The van der Waals surface area contributed by atoms with Crippen molar-refractivity contribution < 1.29 is 14.3 Å². The number of Topliss-reactive ketones (excluding diaryl/α,β-unsaturated/α-hetero) is 1. The standard InChI is InChI=1S/C17H13NO3/c1-21-12-8-6-11(7-9-12)10-15-16(19)13-4-2-3-5-14(13)17(20)18-15/h2-10H,1H3,(H,18,20)/b15-10-. The van der Waals surface area contributed by atoms with Gasteiger partial charge in [0.05, 0.1) is 18.4 Å². The highest BCUT2D eigenvalue weighted by molar-refractivity contribution is 6.22. The first-order valence-corrected chi connectivity index (χ1v) is 6.50. The van der Waals surface area contributed by atoms with Crippen molar-refractivity contribution in [3.63, 3.8) is 0 Å². The van der Waals surface area contributed by atoms with Crippen LogP contribution in [0.2, 0.25) is 0 Å². The largest absolute Gasteiger partial charge is 0.497 e. The van der Waals surface area contributed by atoms with E-state index in [1.165, 1.54) is 0 Å². The summed E-state index contributed by atoms with van der Waals surface area (Å²) in [6.07, 6.45) is 1.66. The van der Waals surface area contributed by atoms with Crippen LogP contribution < -0.4 is 10.1 Å². The van der Waals surface area contributed by atoms with Crippen LogP contribution in [-0.4, -0.2) is 18.8 Å². The van der Waals surface area contributed by atoms with Crippen LogP contribution in [0.1, 0.15) is 26.3 Å². The Balaban J connectivity index is 1.98. The van der Waals surface area contributed by atoms with Crippen molar-refractivity contribution >= 4 is 17.8 Å². The topological polar surface area (TPSA) is 55.4 Å². The lowest BCUT2D eigenvalue weighted by atomic mass is 9.96. The zero-order valence-corrected chi connectivity index (χ0v) is 11.4. The van der Waals surface area contributed by atoms with Crippen LogP contribution >= 0.6 is 0 Å². The molecule has 104 valence electrons. The van der Waals surface area contributed by atoms with E-state index in [1.54, 1.807) is 49.6 Å². The van der Waals surface area contributed by atoms with Gasteiger partial charge < -0.3 is 10.1 Å². The molecule has 0 radical (unpaired) electrons. The Labute approximate surface area is 122 Å². The summed E-state index contributed by atoms with van der Waals surface area (Å²) in [7, 11) is 1.59. The van der Waals surface area contributed by atoms with Gasteiger partial charge in [-0.15, -0.1) is 0 Å². The molecular formula is C17H13NO3. The molecule has 0 aromatic heterocycles. The Morgan fingerprint density at radius 2 is 1.62 bits per heavy atom. The van der Waals surface area contributed by atoms with Crippen LogP contribution in [-0.2, 0) is 0 Å². The van der Waals surface area contributed by atoms with Crippen LogP contribution in [0.5, 0.6) is 5.75 Å². The predicted octanol–water partition coefficient (Wildman–Crippen LogP) is 2.66. The molecule has 2 aromatic rings. The lowest BCUT2D eigenvalue weighted by Crippen LogP contribution is -2.34. The molecule has 1 aliphatic rings. The SMILES string of the molecule is COc1ccc(/C=C2\NC(=O)c3ccccc3C2=O)cc1. The van der Waals surface area contributed by atoms with Gasteiger partial charge in [-0.2, -0.15) is 0 Å². The van der Waals surface area contributed by atoms with E-state index in [-0.39, 0.29) is 17.4 Å². The number of methoxy groups -OCH3 is 1. The first-order chi connectivity index (χ1) is 10.2. The van der Waals surface area contributed by atoms with Gasteiger partial charge in [0.25, 0.3) is 5.91 Å². The van der Waals surface area contributed by atoms with Gasteiger partial charge >= 0.3 is 0 Å². The van der Waals surface area contributed by atoms with E-state index in [1.807, 2.05) is 12.1 Å². The summed E-state index contributed by atoms with van der Waals surface area (Å²) in [5.74, 6) is 0.299. The lowest BCUT2D eigenvalue weighted by molar-refractivity contribution is 0.0910. The second kappa shape index (κ2) is 5.25. The minimum atomic E-state index is -0.259. The second-order valence-electron chi connectivity index (χ2n) is 4.66. The molecular weight excluding hydrogens is 266 g/mol. The van der Waals surface area contributed by atoms with Crippen LogP contribution in [0.3, 0.4) is 0 Å². The number of ether oxygens (including phenoxy) is 1. The molecule has 2 aromatic carbocycles. The average molecular weight is 279 g/mol. The first kappa shape index (κ1) is 13.1. The molecule has 21 heavy (non-hydrogen) atoms. The van der Waals surface area contributed by atoms with Crippen molar-refractivity contribution in [3.05, 3.63) is 70.9 Å². The van der Waals surface area contributed by atoms with Crippen molar-refractivity contribution in [3.8, 4) is 5.75 Å². The highest BCUT2D eigenvalue weighted by Gasteiger charge is 2.26. The number of carbonyl (C=O) groups is 2. The number of fused-ring (bicyclic) bond motifs is 1. The van der Waals surface area contributed by atoms with E-state index in [2.05, 4.69) is 5.32 Å². The van der Waals surface area contributed by atoms with Crippen molar-refractivity contribution in [2.75, 3.05) is 7.11 Å². The minimum Gasteiger partial charge on any atom is -0.497 e. The molecule has 3 rings (SSSR count). The van der Waals surface area contributed by atoms with Crippen LogP contribution in [0, 0.1) is 0 Å². The molecule has 0 unspecified atom stereocenters. The molecule has 0 atom stereocenters. The van der Waals surface area contributed by atoms with Gasteiger partial charge in [-0.1, -0.05) is 30.3 Å². The molecule has 1 amide bonds. The fourth-order valence-corrected chi connectivity index (χ4v) is 2.24. The molecule has 0 saturated carbocycles. The summed E-state index contributed by atoms with van der Waals surface area (Å²) in [4.78, 5) is 24.4. The Morgan fingerprint density at radius 1 is 0.952 bits per heavy atom. The molecule has 4 nitrogen and oxygen atoms in total. The molecule has 1 heterocycles. The molecule has 0 bridgehead atoms. The number of rotatable bonds is 2. The fraction of sp³-hybridized carbons (Fsp3) is 0.0588. The van der Waals surface area contributed by atoms with E-state index in [4.69, 9.17) is 4.74 Å². The first-order valence-electron chi connectivity index (χ1n) is 6.50. The monoisotopic (exact) mass is 279 g/mol. The summed E-state index contributed by atoms with van der Waals surface area (Å²) >= 11 is 0. The van der Waals surface area contributed by atoms with Gasteiger partial charge in [0.1, 0.15) is 5.75 Å². The van der Waals surface area contributed by atoms with Gasteiger partial charge in [0.2, 0.25) is 5.78 Å². The summed E-state index contributed by atoms with van der Waals surface area (Å²) in [6, 6.07) is 14.1. The summed E-state index contributed by atoms with van der Waals surface area (Å²) in [6.45, 7) is 0. The van der Waals surface area contributed by atoms with Gasteiger partial charge in [0, 0.05) is 5.56 Å². The second-order valence-corrected chi connectivity index (χ2v) is 4.66. The third-order valence-corrected chi connectivity index (χ3v) is 3.34. The fourth-order valence-electron chi connectivity index (χ4n) is 2.24. The third kappa shape index (κ3) is 2.43. The van der Waals surface area contributed by atoms with Gasteiger partial charge in [0.15, 0.2) is 0 Å². The molecule has 1 aliphatic heterocycles. The summed E-state index contributed by atoms with van der Waals surface area (Å²) in [5, 5.41) is 2.64. The lowest BCUT2D eigenvalue weighted by Gasteiger charge is -2.17. The third-order valence-electron chi connectivity index (χ3n) is 3.34. The number of carbonyl (C=O) groups excluding carboxylic acids is 2. The summed E-state index contributed by atoms with van der Waals surface area (Å²) < 4.78 is 5.09. The van der Waals surface area contributed by atoms with Crippen molar-refractivity contribution in [2.45, 2.75) is 0 Å². The zero-order valence-electron chi connectivity index (χ0n) is 11.4. The predicted molar refractivity (Wildman–Crippen MR) is 79.2 cm³/mol. The number of nitrogens with one attached hydrogen (secondary N) is 1. The molecule has 4 heteroatoms. The maximum atomic E-state index is 12.4. The van der Waals surface area contributed by atoms with E-state index >= 15 is 0 Å². The van der Waals surface area contributed by atoms with E-state index < -0.39 is 0 Å². The molecule has 1 N–H and O–H groups in total. The maximum absolute atomic E-state index is 12.4. The van der Waals surface area contributed by atoms with Gasteiger partial charge in [-0.05, 0) is 29.8 Å². The zero-order chi connectivity index (χ0) is 14.8. The van der Waals surface area contributed by atoms with E-state index in [9.17, 15) is 9.59 Å². The van der Waals surface area contributed by atoms with E-state index in [0.717, 1.165) is 11.3 Å². The number of ketones is 1. The number of hydrogen-bond acceptors (Lipinski definition) is 3. The quantitative estimate of drug-likeness (QED) is 0.860. The highest BCUT2D eigenvalue weighted by atomic mass is 16.5.